The van der Waals surface area contributed by atoms with Crippen molar-refractivity contribution in [1.29, 1.82) is 0 Å². The Morgan fingerprint density at radius 3 is 2.41 bits per heavy atom. The van der Waals surface area contributed by atoms with Crippen molar-refractivity contribution < 1.29 is 9.59 Å². The van der Waals surface area contributed by atoms with Gasteiger partial charge in [-0.25, -0.2) is 0 Å². The minimum absolute atomic E-state index is 0.00133. The van der Waals surface area contributed by atoms with E-state index in [2.05, 4.69) is 28.5 Å². The smallest absolute Gasteiger partial charge is 0.238 e. The van der Waals surface area contributed by atoms with Crippen LogP contribution < -0.4 is 10.6 Å². The van der Waals surface area contributed by atoms with Crippen molar-refractivity contribution in [3.63, 3.8) is 0 Å². The zero-order valence-electron chi connectivity index (χ0n) is 17.6. The number of hydrogen-bond donors (Lipinski definition) is 2. The van der Waals surface area contributed by atoms with E-state index in [4.69, 9.17) is 0 Å². The van der Waals surface area contributed by atoms with Crippen LogP contribution in [0.3, 0.4) is 0 Å². The van der Waals surface area contributed by atoms with Gasteiger partial charge in [-0.1, -0.05) is 42.8 Å². The van der Waals surface area contributed by atoms with Crippen LogP contribution in [-0.2, 0) is 16.0 Å². The molecule has 0 saturated carbocycles. The van der Waals surface area contributed by atoms with Crippen molar-refractivity contribution in [3.8, 4) is 0 Å². The van der Waals surface area contributed by atoms with Gasteiger partial charge < -0.3 is 10.6 Å². The molecular weight excluding hydrogens is 362 g/mol. The molecule has 2 N–H and O–H groups in total. The number of aryl methyl sites for hydroxylation is 3. The van der Waals surface area contributed by atoms with Crippen molar-refractivity contribution in [2.24, 2.45) is 5.92 Å². The van der Waals surface area contributed by atoms with Crippen LogP contribution in [0, 0.1) is 19.8 Å². The fourth-order valence-electron chi connectivity index (χ4n) is 3.89. The predicted molar refractivity (Wildman–Crippen MR) is 118 cm³/mol. The lowest BCUT2D eigenvalue weighted by Gasteiger charge is -2.31. The standard InChI is InChI=1S/C24H31N3O2/c1-4-19-7-5-6-8-22(19)26-24(29)20-11-13-27(14-12-20)16-23(28)25-21-10-9-17(2)15-18(21)3/h5-10,15,20H,4,11-14,16H2,1-3H3,(H,25,28)(H,26,29). The molecule has 2 aromatic carbocycles. The van der Waals surface area contributed by atoms with E-state index in [0.717, 1.165) is 54.9 Å². The summed E-state index contributed by atoms with van der Waals surface area (Å²) in [6.45, 7) is 8.01. The highest BCUT2D eigenvalue weighted by molar-refractivity contribution is 5.94. The van der Waals surface area contributed by atoms with Crippen LogP contribution in [-0.4, -0.2) is 36.3 Å². The van der Waals surface area contributed by atoms with Gasteiger partial charge in [-0.05, 0) is 69.5 Å². The van der Waals surface area contributed by atoms with E-state index < -0.39 is 0 Å². The number of likely N-dealkylation sites (tertiary alicyclic amines) is 1. The Bertz CT molecular complexity index is 870. The summed E-state index contributed by atoms with van der Waals surface area (Å²) in [5.74, 6) is 0.0839. The predicted octanol–water partition coefficient (Wildman–Crippen LogP) is 4.16. The number of carbonyl (C=O) groups is 2. The summed E-state index contributed by atoms with van der Waals surface area (Å²) in [6.07, 6.45) is 2.44. The van der Waals surface area contributed by atoms with Gasteiger partial charge in [-0.15, -0.1) is 0 Å². The van der Waals surface area contributed by atoms with Gasteiger partial charge in [-0.3, -0.25) is 14.5 Å². The molecule has 0 radical (unpaired) electrons. The van der Waals surface area contributed by atoms with E-state index in [-0.39, 0.29) is 17.7 Å². The number of rotatable bonds is 6. The zero-order chi connectivity index (χ0) is 20.8. The molecule has 2 aromatic rings. The molecule has 1 fully saturated rings. The summed E-state index contributed by atoms with van der Waals surface area (Å²) >= 11 is 0. The molecule has 1 saturated heterocycles. The number of anilines is 2. The van der Waals surface area contributed by atoms with Gasteiger partial charge in [0.2, 0.25) is 11.8 Å². The van der Waals surface area contributed by atoms with E-state index >= 15 is 0 Å². The topological polar surface area (TPSA) is 61.4 Å². The van der Waals surface area contributed by atoms with Crippen LogP contribution in [0.1, 0.15) is 36.5 Å². The van der Waals surface area contributed by atoms with Crippen LogP contribution in [0.15, 0.2) is 42.5 Å². The maximum Gasteiger partial charge on any atom is 0.238 e. The third kappa shape index (κ3) is 5.67. The van der Waals surface area contributed by atoms with Crippen LogP contribution >= 0.6 is 0 Å². The van der Waals surface area contributed by atoms with Crippen LogP contribution in [0.2, 0.25) is 0 Å². The first-order valence-electron chi connectivity index (χ1n) is 10.4. The quantitative estimate of drug-likeness (QED) is 0.775. The summed E-state index contributed by atoms with van der Waals surface area (Å²) < 4.78 is 0. The van der Waals surface area contributed by atoms with Gasteiger partial charge in [0.05, 0.1) is 6.54 Å². The highest BCUT2D eigenvalue weighted by atomic mass is 16.2. The number of nitrogens with one attached hydrogen (secondary N) is 2. The lowest BCUT2D eigenvalue weighted by atomic mass is 9.95. The molecule has 0 spiro atoms. The largest absolute Gasteiger partial charge is 0.326 e. The third-order valence-corrected chi connectivity index (χ3v) is 5.64. The van der Waals surface area contributed by atoms with Crippen molar-refractivity contribution in [1.82, 2.24) is 4.90 Å². The second-order valence-corrected chi connectivity index (χ2v) is 7.92. The Hall–Kier alpha value is -2.66. The average Bonchev–Trinajstić information content (AvgIpc) is 2.71. The molecule has 2 amide bonds. The number of piperidine rings is 1. The van der Waals surface area contributed by atoms with Crippen molar-refractivity contribution >= 4 is 23.2 Å². The maximum absolute atomic E-state index is 12.7. The first kappa shape index (κ1) is 21.1. The second-order valence-electron chi connectivity index (χ2n) is 7.92. The van der Waals surface area contributed by atoms with Crippen molar-refractivity contribution in [2.75, 3.05) is 30.3 Å². The number of benzene rings is 2. The minimum atomic E-state index is -0.00303. The fourth-order valence-corrected chi connectivity index (χ4v) is 3.89. The molecule has 1 aliphatic heterocycles. The number of para-hydroxylation sites is 1. The average molecular weight is 394 g/mol. The van der Waals surface area contributed by atoms with Gasteiger partial charge in [-0.2, -0.15) is 0 Å². The molecule has 3 rings (SSSR count). The number of hydrogen-bond acceptors (Lipinski definition) is 3. The van der Waals surface area contributed by atoms with Gasteiger partial charge >= 0.3 is 0 Å². The van der Waals surface area contributed by atoms with E-state index in [1.807, 2.05) is 50.2 Å². The van der Waals surface area contributed by atoms with Crippen LogP contribution in [0.5, 0.6) is 0 Å². The van der Waals surface area contributed by atoms with Crippen molar-refractivity contribution in [3.05, 3.63) is 59.2 Å². The van der Waals surface area contributed by atoms with E-state index in [1.54, 1.807) is 0 Å². The maximum atomic E-state index is 12.7. The van der Waals surface area contributed by atoms with Gasteiger partial charge in [0.15, 0.2) is 0 Å². The number of carbonyl (C=O) groups excluding carboxylic acids is 2. The summed E-state index contributed by atoms with van der Waals surface area (Å²) in [6, 6.07) is 14.0. The van der Waals surface area contributed by atoms with Gasteiger partial charge in [0.1, 0.15) is 0 Å². The Balaban J connectivity index is 1.47. The first-order chi connectivity index (χ1) is 14.0. The van der Waals surface area contributed by atoms with Gasteiger partial charge in [0.25, 0.3) is 0 Å². The van der Waals surface area contributed by atoms with Crippen molar-refractivity contribution in [2.45, 2.75) is 40.0 Å². The molecule has 29 heavy (non-hydrogen) atoms. The molecule has 1 heterocycles. The Labute approximate surface area is 173 Å². The van der Waals surface area contributed by atoms with Crippen LogP contribution in [0.25, 0.3) is 0 Å². The normalized spacial score (nSPS) is 15.1. The first-order valence-corrected chi connectivity index (χ1v) is 10.4. The molecule has 0 atom stereocenters. The lowest BCUT2D eigenvalue weighted by molar-refractivity contribution is -0.121. The molecule has 154 valence electrons. The minimum Gasteiger partial charge on any atom is -0.326 e. The summed E-state index contributed by atoms with van der Waals surface area (Å²) in [5, 5.41) is 6.10. The number of nitrogens with zero attached hydrogens (tertiary/aromatic N) is 1. The second kappa shape index (κ2) is 9.70. The summed E-state index contributed by atoms with van der Waals surface area (Å²) in [5.41, 5.74) is 5.18. The Morgan fingerprint density at radius 1 is 1.00 bits per heavy atom. The molecule has 5 heteroatoms. The Kier molecular flexibility index (Phi) is 7.04. The lowest BCUT2D eigenvalue weighted by Crippen LogP contribution is -2.41. The third-order valence-electron chi connectivity index (χ3n) is 5.64. The van der Waals surface area contributed by atoms with E-state index in [1.165, 1.54) is 5.56 Å². The zero-order valence-corrected chi connectivity index (χ0v) is 17.6. The highest BCUT2D eigenvalue weighted by Crippen LogP contribution is 2.22. The fraction of sp³-hybridized carbons (Fsp3) is 0.417. The SMILES string of the molecule is CCc1ccccc1NC(=O)C1CCN(CC(=O)Nc2ccc(C)cc2C)CC1. The summed E-state index contributed by atoms with van der Waals surface area (Å²) in [7, 11) is 0. The van der Waals surface area contributed by atoms with Gasteiger partial charge in [0, 0.05) is 17.3 Å². The highest BCUT2D eigenvalue weighted by Gasteiger charge is 2.26. The molecule has 0 bridgehead atoms. The monoisotopic (exact) mass is 393 g/mol. The molecular formula is C24H31N3O2. The molecule has 0 aromatic heterocycles. The molecule has 5 nitrogen and oxygen atoms in total. The van der Waals surface area contributed by atoms with Crippen LogP contribution in [0.4, 0.5) is 11.4 Å². The van der Waals surface area contributed by atoms with E-state index in [0.29, 0.717) is 6.54 Å². The molecule has 1 aliphatic rings. The molecule has 0 aliphatic carbocycles. The number of amides is 2. The summed E-state index contributed by atoms with van der Waals surface area (Å²) in [4.78, 5) is 27.2. The van der Waals surface area contributed by atoms with E-state index in [9.17, 15) is 9.59 Å². The molecule has 0 unspecified atom stereocenters. The Morgan fingerprint density at radius 2 is 1.72 bits per heavy atom.